The molecule has 1 aliphatic carbocycles. The highest BCUT2D eigenvalue weighted by atomic mass is 16.3. The van der Waals surface area contributed by atoms with Crippen molar-refractivity contribution >= 4 is 11.8 Å². The first-order valence-corrected chi connectivity index (χ1v) is 8.20. The molecule has 5 heteroatoms. The van der Waals surface area contributed by atoms with Gasteiger partial charge in [0.25, 0.3) is 0 Å². The van der Waals surface area contributed by atoms with Gasteiger partial charge in [-0.3, -0.25) is 9.59 Å². The van der Waals surface area contributed by atoms with Crippen LogP contribution in [-0.2, 0) is 16.0 Å². The van der Waals surface area contributed by atoms with Crippen LogP contribution < -0.4 is 5.73 Å². The van der Waals surface area contributed by atoms with Gasteiger partial charge in [-0.05, 0) is 37.3 Å². The Kier molecular flexibility index (Phi) is 4.23. The summed E-state index contributed by atoms with van der Waals surface area (Å²) in [5.74, 6) is 3.10. The quantitative estimate of drug-likeness (QED) is 0.904. The smallest absolute Gasteiger partial charge is 0.223 e. The van der Waals surface area contributed by atoms with Crippen LogP contribution in [0.5, 0.6) is 0 Å². The number of amides is 2. The van der Waals surface area contributed by atoms with E-state index in [1.165, 1.54) is 6.42 Å². The fraction of sp³-hybridized carbons (Fsp3) is 0.647. The highest BCUT2D eigenvalue weighted by Gasteiger charge is 2.36. The Bertz CT molecular complexity index is 558. The number of furan rings is 1. The van der Waals surface area contributed by atoms with Crippen molar-refractivity contribution in [2.24, 2.45) is 17.6 Å². The lowest BCUT2D eigenvalue weighted by Crippen LogP contribution is -2.41. The molecule has 0 aromatic carbocycles. The molecular weight excluding hydrogens is 280 g/mol. The number of piperidine rings is 1. The summed E-state index contributed by atoms with van der Waals surface area (Å²) in [7, 11) is 0. The molecule has 2 heterocycles. The summed E-state index contributed by atoms with van der Waals surface area (Å²) in [5.41, 5.74) is 5.31. The van der Waals surface area contributed by atoms with Gasteiger partial charge in [-0.15, -0.1) is 0 Å². The molecule has 2 unspecified atom stereocenters. The predicted octanol–water partition coefficient (Wildman–Crippen LogP) is 2.06. The summed E-state index contributed by atoms with van der Waals surface area (Å²) in [6.07, 6.45) is 3.70. The van der Waals surface area contributed by atoms with Gasteiger partial charge in [0.15, 0.2) is 0 Å². The van der Waals surface area contributed by atoms with Gasteiger partial charge >= 0.3 is 0 Å². The van der Waals surface area contributed by atoms with Crippen molar-refractivity contribution in [1.82, 2.24) is 4.90 Å². The van der Waals surface area contributed by atoms with Crippen LogP contribution in [0.4, 0.5) is 0 Å². The Morgan fingerprint density at radius 3 is 2.59 bits per heavy atom. The number of hydrogen-bond donors (Lipinski definition) is 1. The maximum absolute atomic E-state index is 12.2. The number of rotatable bonds is 5. The van der Waals surface area contributed by atoms with E-state index in [0.29, 0.717) is 44.7 Å². The minimum Gasteiger partial charge on any atom is -0.466 e. The van der Waals surface area contributed by atoms with Crippen molar-refractivity contribution in [3.05, 3.63) is 23.7 Å². The van der Waals surface area contributed by atoms with Gasteiger partial charge in [-0.1, -0.05) is 6.92 Å². The van der Waals surface area contributed by atoms with Crippen LogP contribution in [0.25, 0.3) is 0 Å². The summed E-state index contributed by atoms with van der Waals surface area (Å²) >= 11 is 0. The topological polar surface area (TPSA) is 76.5 Å². The maximum Gasteiger partial charge on any atom is 0.223 e. The Balaban J connectivity index is 1.44. The van der Waals surface area contributed by atoms with Gasteiger partial charge in [-0.2, -0.15) is 0 Å². The van der Waals surface area contributed by atoms with E-state index in [9.17, 15) is 9.59 Å². The molecule has 1 saturated heterocycles. The molecule has 22 heavy (non-hydrogen) atoms. The van der Waals surface area contributed by atoms with Gasteiger partial charge in [0.05, 0.1) is 0 Å². The van der Waals surface area contributed by atoms with Crippen LogP contribution in [0.2, 0.25) is 0 Å². The third kappa shape index (κ3) is 3.34. The second-order valence-electron chi connectivity index (χ2n) is 6.68. The molecule has 2 atom stereocenters. The number of likely N-dealkylation sites (tertiary alicyclic amines) is 1. The van der Waals surface area contributed by atoms with E-state index < -0.39 is 0 Å². The largest absolute Gasteiger partial charge is 0.466 e. The fourth-order valence-corrected chi connectivity index (χ4v) is 3.25. The van der Waals surface area contributed by atoms with E-state index in [-0.39, 0.29) is 17.7 Å². The van der Waals surface area contributed by atoms with Gasteiger partial charge < -0.3 is 15.1 Å². The van der Waals surface area contributed by atoms with Crippen LogP contribution >= 0.6 is 0 Å². The molecule has 5 nitrogen and oxygen atoms in total. The molecule has 1 aromatic rings. The lowest BCUT2D eigenvalue weighted by atomic mass is 9.96. The third-order valence-corrected chi connectivity index (χ3v) is 4.99. The van der Waals surface area contributed by atoms with E-state index in [1.54, 1.807) is 0 Å². The third-order valence-electron chi connectivity index (χ3n) is 4.99. The molecule has 1 aliphatic heterocycles. The normalized spacial score (nSPS) is 25.2. The number of hydrogen-bond acceptors (Lipinski definition) is 3. The van der Waals surface area contributed by atoms with Crippen LogP contribution in [0.15, 0.2) is 16.5 Å². The Morgan fingerprint density at radius 1 is 1.32 bits per heavy atom. The zero-order valence-electron chi connectivity index (χ0n) is 13.1. The Hall–Kier alpha value is -1.78. The molecule has 3 rings (SSSR count). The van der Waals surface area contributed by atoms with Crippen molar-refractivity contribution < 1.29 is 14.0 Å². The first-order valence-electron chi connectivity index (χ1n) is 8.20. The number of carbonyl (C=O) groups is 2. The second kappa shape index (κ2) is 6.15. The number of carbonyl (C=O) groups excluding carboxylic acids is 2. The number of aryl methyl sites for hydroxylation is 1. The minimum absolute atomic E-state index is 0.0720. The molecule has 2 N–H and O–H groups in total. The molecule has 0 radical (unpaired) electrons. The standard InChI is InChI=1S/C17H24N2O3/c1-11-10-14(11)15-4-2-13(22-15)3-5-16(20)19-8-6-12(7-9-19)17(18)21/h2,4,11-12,14H,3,5-10H2,1H3,(H2,18,21). The average Bonchev–Trinajstić information content (AvgIpc) is 3.06. The van der Waals surface area contributed by atoms with Gasteiger partial charge in [0, 0.05) is 37.8 Å². The highest BCUT2D eigenvalue weighted by Crippen LogP contribution is 2.47. The summed E-state index contributed by atoms with van der Waals surface area (Å²) in [6.45, 7) is 3.50. The van der Waals surface area contributed by atoms with E-state index in [0.717, 1.165) is 17.4 Å². The lowest BCUT2D eigenvalue weighted by molar-refractivity contribution is -0.134. The molecule has 120 valence electrons. The first kappa shape index (κ1) is 15.1. The molecule has 0 bridgehead atoms. The van der Waals surface area contributed by atoms with Gasteiger partial charge in [-0.25, -0.2) is 0 Å². The summed E-state index contributed by atoms with van der Waals surface area (Å²) in [6, 6.07) is 4.04. The summed E-state index contributed by atoms with van der Waals surface area (Å²) < 4.78 is 5.83. The Morgan fingerprint density at radius 2 is 2.00 bits per heavy atom. The molecular formula is C17H24N2O3. The second-order valence-corrected chi connectivity index (χ2v) is 6.68. The molecule has 1 aromatic heterocycles. The summed E-state index contributed by atoms with van der Waals surface area (Å²) in [4.78, 5) is 25.2. The SMILES string of the molecule is CC1CC1c1ccc(CCC(=O)N2CCC(C(N)=O)CC2)o1. The van der Waals surface area contributed by atoms with E-state index in [1.807, 2.05) is 17.0 Å². The van der Waals surface area contributed by atoms with E-state index >= 15 is 0 Å². The van der Waals surface area contributed by atoms with E-state index in [2.05, 4.69) is 6.92 Å². The molecule has 2 aliphatic rings. The molecule has 0 spiro atoms. The van der Waals surface area contributed by atoms with Crippen LogP contribution in [-0.4, -0.2) is 29.8 Å². The van der Waals surface area contributed by atoms with Crippen LogP contribution in [0, 0.1) is 11.8 Å². The number of nitrogens with two attached hydrogens (primary N) is 1. The van der Waals surface area contributed by atoms with Crippen LogP contribution in [0.1, 0.15) is 50.0 Å². The van der Waals surface area contributed by atoms with Crippen molar-refractivity contribution in [1.29, 1.82) is 0 Å². The molecule has 1 saturated carbocycles. The zero-order valence-corrected chi connectivity index (χ0v) is 13.1. The van der Waals surface area contributed by atoms with Crippen LogP contribution in [0.3, 0.4) is 0 Å². The average molecular weight is 304 g/mol. The molecule has 2 amide bonds. The van der Waals surface area contributed by atoms with Gasteiger partial charge in [0.2, 0.25) is 11.8 Å². The van der Waals surface area contributed by atoms with Crippen molar-refractivity contribution in [2.75, 3.05) is 13.1 Å². The minimum atomic E-state index is -0.246. The van der Waals surface area contributed by atoms with Crippen molar-refractivity contribution in [3.8, 4) is 0 Å². The monoisotopic (exact) mass is 304 g/mol. The summed E-state index contributed by atoms with van der Waals surface area (Å²) in [5, 5.41) is 0. The lowest BCUT2D eigenvalue weighted by Gasteiger charge is -2.30. The number of primary amides is 1. The van der Waals surface area contributed by atoms with Crippen molar-refractivity contribution in [2.45, 2.75) is 44.9 Å². The number of nitrogens with zero attached hydrogens (tertiary/aromatic N) is 1. The first-order chi connectivity index (χ1) is 10.5. The van der Waals surface area contributed by atoms with E-state index in [4.69, 9.17) is 10.2 Å². The van der Waals surface area contributed by atoms with Gasteiger partial charge in [0.1, 0.15) is 11.5 Å². The zero-order chi connectivity index (χ0) is 15.7. The maximum atomic E-state index is 12.2. The molecule has 2 fully saturated rings. The van der Waals surface area contributed by atoms with Crippen molar-refractivity contribution in [3.63, 3.8) is 0 Å². The highest BCUT2D eigenvalue weighted by molar-refractivity contribution is 5.78. The predicted molar refractivity (Wildman–Crippen MR) is 82.0 cm³/mol. The fourth-order valence-electron chi connectivity index (χ4n) is 3.25. The Labute approximate surface area is 130 Å².